The number of hydrogen-bond acceptors (Lipinski definition) is 4. The molecular formula is C21H22F2N4OS. The van der Waals surface area contributed by atoms with Crippen LogP contribution in [-0.4, -0.2) is 25.9 Å². The number of thioether (sulfide) groups is 1. The molecule has 152 valence electrons. The van der Waals surface area contributed by atoms with E-state index in [4.69, 9.17) is 0 Å². The van der Waals surface area contributed by atoms with Gasteiger partial charge in [0.2, 0.25) is 5.91 Å². The molecule has 0 bridgehead atoms. The molecule has 8 heteroatoms. The summed E-state index contributed by atoms with van der Waals surface area (Å²) in [4.78, 5) is 12.5. The molecule has 1 atom stereocenters. The van der Waals surface area contributed by atoms with Crippen LogP contribution in [0.5, 0.6) is 0 Å². The van der Waals surface area contributed by atoms with Crippen molar-refractivity contribution in [1.29, 1.82) is 0 Å². The summed E-state index contributed by atoms with van der Waals surface area (Å²) in [5.74, 6) is -0.555. The third kappa shape index (κ3) is 5.00. The van der Waals surface area contributed by atoms with Crippen LogP contribution in [0.4, 0.5) is 14.5 Å². The first-order chi connectivity index (χ1) is 13.9. The Hall–Kier alpha value is -2.74. The second kappa shape index (κ2) is 9.17. The highest BCUT2D eigenvalue weighted by molar-refractivity contribution is 8.00. The molecule has 2 aromatic carbocycles. The van der Waals surface area contributed by atoms with Gasteiger partial charge < -0.3 is 9.88 Å². The fourth-order valence-electron chi connectivity index (χ4n) is 2.76. The van der Waals surface area contributed by atoms with E-state index in [2.05, 4.69) is 15.5 Å². The molecule has 1 amide bonds. The van der Waals surface area contributed by atoms with Gasteiger partial charge >= 0.3 is 0 Å². The van der Waals surface area contributed by atoms with Gasteiger partial charge in [0.15, 0.2) is 11.0 Å². The van der Waals surface area contributed by atoms with Gasteiger partial charge in [0.25, 0.3) is 0 Å². The summed E-state index contributed by atoms with van der Waals surface area (Å²) < 4.78 is 29.9. The minimum Gasteiger partial charge on any atom is -0.323 e. The van der Waals surface area contributed by atoms with Crippen LogP contribution in [0, 0.1) is 17.6 Å². The minimum absolute atomic E-state index is 0.126. The summed E-state index contributed by atoms with van der Waals surface area (Å²) in [7, 11) is 0. The van der Waals surface area contributed by atoms with Gasteiger partial charge in [0.1, 0.15) is 11.6 Å². The number of nitrogens with one attached hydrogen (secondary N) is 1. The number of anilines is 1. The highest BCUT2D eigenvalue weighted by atomic mass is 32.2. The Kier molecular flexibility index (Phi) is 6.64. The van der Waals surface area contributed by atoms with Crippen molar-refractivity contribution >= 4 is 23.4 Å². The zero-order valence-corrected chi connectivity index (χ0v) is 17.2. The molecule has 1 aromatic heterocycles. The van der Waals surface area contributed by atoms with Gasteiger partial charge in [-0.3, -0.25) is 4.79 Å². The molecule has 0 fully saturated rings. The van der Waals surface area contributed by atoms with E-state index in [1.54, 1.807) is 37.3 Å². The Bertz CT molecular complexity index is 1010. The molecule has 29 heavy (non-hydrogen) atoms. The van der Waals surface area contributed by atoms with E-state index in [1.807, 2.05) is 18.4 Å². The van der Waals surface area contributed by atoms with Gasteiger partial charge in [-0.25, -0.2) is 8.78 Å². The van der Waals surface area contributed by atoms with E-state index in [0.29, 0.717) is 23.1 Å². The number of benzene rings is 2. The van der Waals surface area contributed by atoms with E-state index in [-0.39, 0.29) is 23.3 Å². The Morgan fingerprint density at radius 1 is 1.03 bits per heavy atom. The molecule has 3 rings (SSSR count). The van der Waals surface area contributed by atoms with Crippen molar-refractivity contribution in [2.45, 2.75) is 37.7 Å². The summed E-state index contributed by atoms with van der Waals surface area (Å²) in [6.07, 6.45) is 0. The lowest BCUT2D eigenvalue weighted by Crippen LogP contribution is -2.23. The molecule has 0 spiro atoms. The first-order valence-electron chi connectivity index (χ1n) is 9.27. The summed E-state index contributed by atoms with van der Waals surface area (Å²) in [6.45, 7) is 6.35. The molecule has 0 unspecified atom stereocenters. The van der Waals surface area contributed by atoms with Crippen LogP contribution >= 0.6 is 11.8 Å². The second-order valence-corrected chi connectivity index (χ2v) is 8.33. The minimum atomic E-state index is -0.557. The average Bonchev–Trinajstić information content (AvgIpc) is 3.05. The van der Waals surface area contributed by atoms with Crippen LogP contribution in [0.2, 0.25) is 0 Å². The Labute approximate surface area is 172 Å². The fraction of sp³-hybridized carbons (Fsp3) is 0.286. The lowest BCUT2D eigenvalue weighted by Gasteiger charge is -2.15. The Morgan fingerprint density at radius 2 is 1.69 bits per heavy atom. The maximum Gasteiger partial charge on any atom is 0.237 e. The molecule has 0 aliphatic carbocycles. The first-order valence-corrected chi connectivity index (χ1v) is 10.1. The van der Waals surface area contributed by atoms with Crippen molar-refractivity contribution in [3.8, 4) is 11.4 Å². The summed E-state index contributed by atoms with van der Waals surface area (Å²) in [6, 6.07) is 12.4. The molecule has 0 saturated heterocycles. The summed E-state index contributed by atoms with van der Waals surface area (Å²) in [5.41, 5.74) is 0.483. The third-order valence-electron chi connectivity index (χ3n) is 4.16. The number of carbonyl (C=O) groups is 1. The molecule has 5 nitrogen and oxygen atoms in total. The van der Waals surface area contributed by atoms with Crippen LogP contribution in [0.1, 0.15) is 20.8 Å². The van der Waals surface area contributed by atoms with E-state index < -0.39 is 11.1 Å². The lowest BCUT2D eigenvalue weighted by atomic mass is 10.2. The quantitative estimate of drug-likeness (QED) is 0.551. The van der Waals surface area contributed by atoms with Crippen molar-refractivity contribution in [3.05, 3.63) is 60.2 Å². The first kappa shape index (κ1) is 21.0. The number of rotatable bonds is 7. The number of para-hydroxylation sites is 1. The molecule has 0 aliphatic rings. The predicted molar refractivity (Wildman–Crippen MR) is 111 cm³/mol. The lowest BCUT2D eigenvalue weighted by molar-refractivity contribution is -0.115. The third-order valence-corrected chi connectivity index (χ3v) is 5.24. The van der Waals surface area contributed by atoms with Gasteiger partial charge in [-0.1, -0.05) is 49.9 Å². The topological polar surface area (TPSA) is 59.8 Å². The molecule has 0 radical (unpaired) electrons. The maximum atomic E-state index is 14.3. The zero-order valence-electron chi connectivity index (χ0n) is 16.4. The molecule has 0 saturated carbocycles. The fourth-order valence-corrected chi connectivity index (χ4v) is 3.61. The van der Waals surface area contributed by atoms with E-state index in [0.717, 1.165) is 0 Å². The Balaban J connectivity index is 1.84. The average molecular weight is 416 g/mol. The number of halogens is 2. The largest absolute Gasteiger partial charge is 0.323 e. The highest BCUT2D eigenvalue weighted by Crippen LogP contribution is 2.29. The van der Waals surface area contributed by atoms with Crippen molar-refractivity contribution in [2.24, 2.45) is 5.92 Å². The van der Waals surface area contributed by atoms with Crippen LogP contribution in [0.15, 0.2) is 53.7 Å². The summed E-state index contributed by atoms with van der Waals surface area (Å²) >= 11 is 1.20. The van der Waals surface area contributed by atoms with Crippen molar-refractivity contribution < 1.29 is 13.6 Å². The molecule has 1 heterocycles. The van der Waals surface area contributed by atoms with Gasteiger partial charge in [0, 0.05) is 6.54 Å². The Morgan fingerprint density at radius 3 is 2.34 bits per heavy atom. The number of nitrogens with zero attached hydrogens (tertiary/aromatic N) is 3. The van der Waals surface area contributed by atoms with Crippen LogP contribution in [0.3, 0.4) is 0 Å². The van der Waals surface area contributed by atoms with Gasteiger partial charge in [-0.2, -0.15) is 0 Å². The monoisotopic (exact) mass is 416 g/mol. The van der Waals surface area contributed by atoms with Gasteiger partial charge in [0.05, 0.1) is 16.5 Å². The zero-order chi connectivity index (χ0) is 21.0. The molecule has 3 aromatic rings. The van der Waals surface area contributed by atoms with Crippen molar-refractivity contribution in [3.63, 3.8) is 0 Å². The number of amides is 1. The van der Waals surface area contributed by atoms with E-state index >= 15 is 0 Å². The maximum absolute atomic E-state index is 14.3. The molecule has 1 N–H and O–H groups in total. The van der Waals surface area contributed by atoms with Gasteiger partial charge in [-0.05, 0) is 37.1 Å². The summed E-state index contributed by atoms with van der Waals surface area (Å²) in [5, 5.41) is 10.9. The van der Waals surface area contributed by atoms with Crippen LogP contribution < -0.4 is 5.32 Å². The van der Waals surface area contributed by atoms with Crippen molar-refractivity contribution in [1.82, 2.24) is 14.8 Å². The van der Waals surface area contributed by atoms with Crippen LogP contribution in [0.25, 0.3) is 11.4 Å². The second-order valence-electron chi connectivity index (χ2n) is 7.02. The SMILES string of the molecule is CC(C)Cn1c(S[C@H](C)C(=O)Nc2ccccc2F)nnc1-c1ccccc1F. The number of carbonyl (C=O) groups excluding carboxylic acids is 1. The highest BCUT2D eigenvalue weighted by Gasteiger charge is 2.23. The van der Waals surface area contributed by atoms with E-state index in [9.17, 15) is 13.6 Å². The van der Waals surface area contributed by atoms with Crippen molar-refractivity contribution in [2.75, 3.05) is 5.32 Å². The van der Waals surface area contributed by atoms with Crippen LogP contribution in [-0.2, 0) is 11.3 Å². The molecular weight excluding hydrogens is 394 g/mol. The van der Waals surface area contributed by atoms with Gasteiger partial charge in [-0.15, -0.1) is 10.2 Å². The number of aromatic nitrogens is 3. The smallest absolute Gasteiger partial charge is 0.237 e. The van der Waals surface area contributed by atoms with E-state index in [1.165, 1.54) is 30.0 Å². The standard InChI is InChI=1S/C21H22F2N4OS/c1-13(2)12-27-19(15-8-4-5-9-16(15)22)25-26-21(27)29-14(3)20(28)24-18-11-7-6-10-17(18)23/h4-11,13-14H,12H2,1-3H3,(H,24,28)/t14-/m1/s1. The number of hydrogen-bond donors (Lipinski definition) is 1. The normalized spacial score (nSPS) is 12.2. The predicted octanol–water partition coefficient (Wildman–Crippen LogP) is 5.00. The molecule has 0 aliphatic heterocycles.